The summed E-state index contributed by atoms with van der Waals surface area (Å²) in [7, 11) is 1.91. The van der Waals surface area contributed by atoms with Crippen LogP contribution in [-0.2, 0) is 7.05 Å². The van der Waals surface area contributed by atoms with Crippen molar-refractivity contribution < 1.29 is 0 Å². The van der Waals surface area contributed by atoms with Gasteiger partial charge in [-0.05, 0) is 50.6 Å². The zero-order valence-corrected chi connectivity index (χ0v) is 15.9. The number of nitrogens with one attached hydrogen (secondary N) is 1. The van der Waals surface area contributed by atoms with Crippen LogP contribution in [0.25, 0.3) is 28.0 Å². The largest absolute Gasteiger partial charge is 0.317 e. The number of hydrogen-bond donors (Lipinski definition) is 1. The van der Waals surface area contributed by atoms with Gasteiger partial charge < -0.3 is 5.32 Å². The average Bonchev–Trinajstić information content (AvgIpc) is 3.24. The van der Waals surface area contributed by atoms with Gasteiger partial charge in [-0.2, -0.15) is 10.2 Å². The molecule has 0 amide bonds. The average molecular weight is 373 g/mol. The molecule has 142 valence electrons. The maximum Gasteiger partial charge on any atom is 0.154 e. The Morgan fingerprint density at radius 3 is 2.93 bits per heavy atom. The van der Waals surface area contributed by atoms with Gasteiger partial charge in [0.15, 0.2) is 5.82 Å². The molecule has 7 nitrogen and oxygen atoms in total. The standard InChI is InChI=1S/C21H23N7/c1-27-14-17(13-24-27)19-10-20-16(11-23-19)12-25-28(20)21-6-2-5-18(26-21)15-4-3-8-22-9-7-15/h2,5-6,10-15,22H,3-4,7-9H2,1H3. The minimum atomic E-state index is 0.504. The summed E-state index contributed by atoms with van der Waals surface area (Å²) in [4.78, 5) is 9.54. The van der Waals surface area contributed by atoms with E-state index in [2.05, 4.69) is 38.7 Å². The Balaban J connectivity index is 1.54. The summed E-state index contributed by atoms with van der Waals surface area (Å²) in [6.45, 7) is 2.16. The second-order valence-corrected chi connectivity index (χ2v) is 7.39. The predicted octanol–water partition coefficient (Wildman–Crippen LogP) is 3.07. The van der Waals surface area contributed by atoms with E-state index in [1.165, 1.54) is 12.8 Å². The maximum atomic E-state index is 4.97. The van der Waals surface area contributed by atoms with Crippen molar-refractivity contribution in [1.82, 2.24) is 34.8 Å². The van der Waals surface area contributed by atoms with E-state index in [0.717, 1.165) is 53.2 Å². The van der Waals surface area contributed by atoms with E-state index in [4.69, 9.17) is 4.98 Å². The van der Waals surface area contributed by atoms with Crippen LogP contribution in [0.3, 0.4) is 0 Å². The minimum absolute atomic E-state index is 0.504. The lowest BCUT2D eigenvalue weighted by atomic mass is 9.96. The highest BCUT2D eigenvalue weighted by Gasteiger charge is 2.17. The van der Waals surface area contributed by atoms with Crippen LogP contribution in [0.15, 0.2) is 49.1 Å². The van der Waals surface area contributed by atoms with Crippen molar-refractivity contribution in [3.8, 4) is 17.1 Å². The van der Waals surface area contributed by atoms with Gasteiger partial charge in [0, 0.05) is 42.0 Å². The first kappa shape index (κ1) is 17.1. The van der Waals surface area contributed by atoms with Crippen LogP contribution in [-0.4, -0.2) is 42.6 Å². The first-order valence-electron chi connectivity index (χ1n) is 9.79. The fourth-order valence-corrected chi connectivity index (χ4v) is 3.91. The lowest BCUT2D eigenvalue weighted by molar-refractivity contribution is 0.591. The molecule has 0 aromatic carbocycles. The molecule has 5 heterocycles. The normalized spacial score (nSPS) is 17.7. The van der Waals surface area contributed by atoms with Gasteiger partial charge in [-0.1, -0.05) is 6.07 Å². The third kappa shape index (κ3) is 3.18. The lowest BCUT2D eigenvalue weighted by Crippen LogP contribution is -2.14. The Morgan fingerprint density at radius 2 is 2.04 bits per heavy atom. The number of aryl methyl sites for hydroxylation is 1. The first-order valence-corrected chi connectivity index (χ1v) is 9.79. The number of fused-ring (bicyclic) bond motifs is 1. The van der Waals surface area contributed by atoms with E-state index < -0.39 is 0 Å². The van der Waals surface area contributed by atoms with Crippen LogP contribution in [0.5, 0.6) is 0 Å². The Kier molecular flexibility index (Phi) is 4.37. The molecule has 0 aliphatic carbocycles. The van der Waals surface area contributed by atoms with Crippen LogP contribution >= 0.6 is 0 Å². The summed E-state index contributed by atoms with van der Waals surface area (Å²) >= 11 is 0. The highest BCUT2D eigenvalue weighted by Crippen LogP contribution is 2.27. The Morgan fingerprint density at radius 1 is 1.07 bits per heavy atom. The van der Waals surface area contributed by atoms with Crippen LogP contribution in [0.1, 0.15) is 30.9 Å². The molecule has 4 aromatic rings. The van der Waals surface area contributed by atoms with E-state index in [9.17, 15) is 0 Å². The molecule has 4 aromatic heterocycles. The number of pyridine rings is 2. The Labute approximate surface area is 163 Å². The Bertz CT molecular complexity index is 1100. The van der Waals surface area contributed by atoms with E-state index in [0.29, 0.717) is 5.92 Å². The molecule has 1 fully saturated rings. The molecule has 1 unspecified atom stereocenters. The molecule has 1 aliphatic heterocycles. The molecule has 7 heteroatoms. The number of aromatic nitrogens is 6. The van der Waals surface area contributed by atoms with Crippen LogP contribution in [0.4, 0.5) is 0 Å². The maximum absolute atomic E-state index is 4.97. The van der Waals surface area contributed by atoms with Crippen LogP contribution in [0.2, 0.25) is 0 Å². The van der Waals surface area contributed by atoms with Crippen LogP contribution < -0.4 is 5.32 Å². The molecule has 0 spiro atoms. The summed E-state index contributed by atoms with van der Waals surface area (Å²) in [6.07, 6.45) is 11.0. The van der Waals surface area contributed by atoms with E-state index in [1.54, 1.807) is 4.68 Å². The molecule has 1 atom stereocenters. The van der Waals surface area contributed by atoms with Gasteiger partial charge in [0.2, 0.25) is 0 Å². The number of rotatable bonds is 3. The summed E-state index contributed by atoms with van der Waals surface area (Å²) in [5, 5.41) is 13.3. The highest BCUT2D eigenvalue weighted by molar-refractivity contribution is 5.82. The molecule has 28 heavy (non-hydrogen) atoms. The predicted molar refractivity (Wildman–Crippen MR) is 108 cm³/mol. The van der Waals surface area contributed by atoms with Gasteiger partial charge in [0.05, 0.1) is 23.6 Å². The molecule has 0 saturated carbocycles. The Hall–Kier alpha value is -3.06. The van der Waals surface area contributed by atoms with Crippen molar-refractivity contribution in [2.45, 2.75) is 25.2 Å². The van der Waals surface area contributed by atoms with Gasteiger partial charge in [0.25, 0.3) is 0 Å². The summed E-state index contributed by atoms with van der Waals surface area (Å²) in [5.74, 6) is 1.36. The number of hydrogen-bond acceptors (Lipinski definition) is 5. The van der Waals surface area contributed by atoms with Crippen LogP contribution in [0, 0.1) is 0 Å². The molecule has 5 rings (SSSR count). The molecule has 1 aliphatic rings. The molecule has 0 bridgehead atoms. The lowest BCUT2D eigenvalue weighted by Gasteiger charge is -2.14. The zero-order chi connectivity index (χ0) is 18.9. The smallest absolute Gasteiger partial charge is 0.154 e. The van der Waals surface area contributed by atoms with E-state index in [-0.39, 0.29) is 0 Å². The quantitative estimate of drug-likeness (QED) is 0.597. The van der Waals surface area contributed by atoms with Gasteiger partial charge in [-0.25, -0.2) is 9.67 Å². The number of nitrogens with zero attached hydrogens (tertiary/aromatic N) is 6. The van der Waals surface area contributed by atoms with E-state index in [1.807, 2.05) is 42.6 Å². The highest BCUT2D eigenvalue weighted by atomic mass is 15.3. The van der Waals surface area contributed by atoms with Crippen molar-refractivity contribution in [2.24, 2.45) is 7.05 Å². The topological polar surface area (TPSA) is 73.5 Å². The fourth-order valence-electron chi connectivity index (χ4n) is 3.91. The summed E-state index contributed by atoms with van der Waals surface area (Å²) in [5.41, 5.74) is 4.03. The SMILES string of the molecule is Cn1cc(-c2cc3c(cn2)cnn3-c2cccc(C3CCCNCC3)n2)cn1. The summed E-state index contributed by atoms with van der Waals surface area (Å²) < 4.78 is 3.69. The van der Waals surface area contributed by atoms with Crippen molar-refractivity contribution in [3.63, 3.8) is 0 Å². The third-order valence-corrected chi connectivity index (χ3v) is 5.42. The molecule has 1 N–H and O–H groups in total. The van der Waals surface area contributed by atoms with Gasteiger partial charge in [-0.15, -0.1) is 0 Å². The summed E-state index contributed by atoms with van der Waals surface area (Å²) in [6, 6.07) is 8.32. The molecule has 1 saturated heterocycles. The molecular formula is C21H23N7. The first-order chi connectivity index (χ1) is 13.8. The third-order valence-electron chi connectivity index (χ3n) is 5.42. The minimum Gasteiger partial charge on any atom is -0.317 e. The van der Waals surface area contributed by atoms with Gasteiger partial charge in [0.1, 0.15) is 0 Å². The van der Waals surface area contributed by atoms with Crippen molar-refractivity contribution in [2.75, 3.05) is 13.1 Å². The second-order valence-electron chi connectivity index (χ2n) is 7.39. The van der Waals surface area contributed by atoms with E-state index >= 15 is 0 Å². The fraction of sp³-hybridized carbons (Fsp3) is 0.333. The zero-order valence-electron chi connectivity index (χ0n) is 15.9. The van der Waals surface area contributed by atoms with Crippen molar-refractivity contribution in [3.05, 3.63) is 54.7 Å². The van der Waals surface area contributed by atoms with Gasteiger partial charge >= 0.3 is 0 Å². The van der Waals surface area contributed by atoms with Gasteiger partial charge in [-0.3, -0.25) is 9.67 Å². The molecular weight excluding hydrogens is 350 g/mol. The molecule has 0 radical (unpaired) electrons. The van der Waals surface area contributed by atoms with Crippen molar-refractivity contribution in [1.29, 1.82) is 0 Å². The second kappa shape index (κ2) is 7.16. The van der Waals surface area contributed by atoms with Crippen molar-refractivity contribution >= 4 is 10.9 Å². The monoisotopic (exact) mass is 373 g/mol.